The first-order valence-electron chi connectivity index (χ1n) is 9.90. The lowest BCUT2D eigenvalue weighted by atomic mass is 9.95. The Balaban J connectivity index is 1.57. The second-order valence-corrected chi connectivity index (χ2v) is 7.26. The molecule has 3 rings (SSSR count). The Hall–Kier alpha value is -2.62. The summed E-state index contributed by atoms with van der Waals surface area (Å²) in [5, 5.41) is 6.05. The molecule has 1 aliphatic rings. The van der Waals surface area contributed by atoms with Gasteiger partial charge in [-0.05, 0) is 42.5 Å². The largest absolute Gasteiger partial charge is 0.351 e. The molecule has 1 atom stereocenters. The van der Waals surface area contributed by atoms with Crippen LogP contribution in [0.25, 0.3) is 0 Å². The maximum Gasteiger partial charge on any atom is 0.227 e. The molecular formula is C23H28N2O2. The molecule has 0 heterocycles. The van der Waals surface area contributed by atoms with Crippen LogP contribution in [0.3, 0.4) is 0 Å². The number of hydrogen-bond acceptors (Lipinski definition) is 2. The lowest BCUT2D eigenvalue weighted by molar-refractivity contribution is -0.123. The fourth-order valence-electron chi connectivity index (χ4n) is 3.76. The minimum atomic E-state index is -0.142. The number of carbonyl (C=O) groups is 2. The van der Waals surface area contributed by atoms with E-state index in [2.05, 4.69) is 10.6 Å². The number of anilines is 1. The summed E-state index contributed by atoms with van der Waals surface area (Å²) in [5.74, 6) is 0.147. The zero-order valence-electron chi connectivity index (χ0n) is 15.9. The Morgan fingerprint density at radius 1 is 1.04 bits per heavy atom. The quantitative estimate of drug-likeness (QED) is 0.753. The highest BCUT2D eigenvalue weighted by molar-refractivity contribution is 5.92. The Morgan fingerprint density at radius 3 is 2.48 bits per heavy atom. The maximum atomic E-state index is 12.6. The van der Waals surface area contributed by atoms with Crippen molar-refractivity contribution in [3.63, 3.8) is 0 Å². The second-order valence-electron chi connectivity index (χ2n) is 7.26. The molecule has 1 unspecified atom stereocenters. The molecule has 0 saturated heterocycles. The van der Waals surface area contributed by atoms with Gasteiger partial charge in [0.1, 0.15) is 0 Å². The van der Waals surface area contributed by atoms with Crippen LogP contribution >= 0.6 is 0 Å². The van der Waals surface area contributed by atoms with Crippen molar-refractivity contribution in [1.82, 2.24) is 5.32 Å². The van der Waals surface area contributed by atoms with E-state index in [-0.39, 0.29) is 23.7 Å². The van der Waals surface area contributed by atoms with E-state index in [1.165, 1.54) is 0 Å². The van der Waals surface area contributed by atoms with E-state index in [4.69, 9.17) is 0 Å². The molecule has 0 spiro atoms. The number of hydrogen-bond donors (Lipinski definition) is 2. The fourth-order valence-corrected chi connectivity index (χ4v) is 3.76. The number of amides is 2. The first-order chi connectivity index (χ1) is 13.2. The van der Waals surface area contributed by atoms with Gasteiger partial charge in [0.2, 0.25) is 11.8 Å². The number of carbonyl (C=O) groups excluding carboxylic acids is 2. The Kier molecular flexibility index (Phi) is 6.64. The van der Waals surface area contributed by atoms with E-state index in [0.29, 0.717) is 6.54 Å². The van der Waals surface area contributed by atoms with E-state index >= 15 is 0 Å². The van der Waals surface area contributed by atoms with Gasteiger partial charge in [-0.15, -0.1) is 0 Å². The molecule has 1 fully saturated rings. The Morgan fingerprint density at radius 2 is 1.78 bits per heavy atom. The second kappa shape index (κ2) is 9.36. The van der Waals surface area contributed by atoms with Crippen LogP contribution in [0.1, 0.15) is 56.1 Å². The van der Waals surface area contributed by atoms with Gasteiger partial charge in [0.25, 0.3) is 0 Å². The predicted octanol–water partition coefficient (Wildman–Crippen LogP) is 4.63. The molecule has 0 bridgehead atoms. The molecule has 2 aromatic rings. The van der Waals surface area contributed by atoms with Gasteiger partial charge in [0, 0.05) is 18.2 Å². The first-order valence-corrected chi connectivity index (χ1v) is 9.90. The van der Waals surface area contributed by atoms with Gasteiger partial charge in [-0.1, -0.05) is 62.2 Å². The first kappa shape index (κ1) is 19.2. The third-order valence-electron chi connectivity index (χ3n) is 5.31. The summed E-state index contributed by atoms with van der Waals surface area (Å²) < 4.78 is 0. The van der Waals surface area contributed by atoms with Crippen LogP contribution in [0.2, 0.25) is 0 Å². The molecule has 2 amide bonds. The van der Waals surface area contributed by atoms with Gasteiger partial charge in [-0.2, -0.15) is 0 Å². The van der Waals surface area contributed by atoms with E-state index < -0.39 is 0 Å². The summed E-state index contributed by atoms with van der Waals surface area (Å²) in [5.41, 5.74) is 2.82. The molecule has 4 heteroatoms. The van der Waals surface area contributed by atoms with Gasteiger partial charge in [0.15, 0.2) is 0 Å². The molecule has 142 valence electrons. The molecule has 0 radical (unpaired) electrons. The predicted molar refractivity (Wildman–Crippen MR) is 108 cm³/mol. The molecule has 27 heavy (non-hydrogen) atoms. The highest BCUT2D eigenvalue weighted by Gasteiger charge is 2.22. The van der Waals surface area contributed by atoms with Gasteiger partial charge < -0.3 is 10.6 Å². The minimum Gasteiger partial charge on any atom is -0.351 e. The van der Waals surface area contributed by atoms with Gasteiger partial charge >= 0.3 is 0 Å². The number of benzene rings is 2. The van der Waals surface area contributed by atoms with Crippen LogP contribution < -0.4 is 10.6 Å². The number of rotatable bonds is 7. The molecule has 4 nitrogen and oxygen atoms in total. The Bertz CT molecular complexity index is 767. The normalized spacial score (nSPS) is 15.3. The van der Waals surface area contributed by atoms with Gasteiger partial charge in [-0.3, -0.25) is 9.59 Å². The highest BCUT2D eigenvalue weighted by atomic mass is 16.2. The van der Waals surface area contributed by atoms with Gasteiger partial charge in [-0.25, -0.2) is 0 Å². The van der Waals surface area contributed by atoms with E-state index in [9.17, 15) is 9.59 Å². The summed E-state index contributed by atoms with van der Waals surface area (Å²) in [7, 11) is 0. The lowest BCUT2D eigenvalue weighted by Gasteiger charge is -2.16. The Labute approximate surface area is 161 Å². The molecule has 0 aromatic heterocycles. The lowest BCUT2D eigenvalue weighted by Crippen LogP contribution is -2.28. The van der Waals surface area contributed by atoms with Crippen LogP contribution in [-0.2, 0) is 16.1 Å². The van der Waals surface area contributed by atoms with Crippen LogP contribution in [0.4, 0.5) is 5.69 Å². The van der Waals surface area contributed by atoms with Crippen molar-refractivity contribution in [3.05, 3.63) is 65.7 Å². The summed E-state index contributed by atoms with van der Waals surface area (Å²) in [6.45, 7) is 2.48. The topological polar surface area (TPSA) is 58.2 Å². The summed E-state index contributed by atoms with van der Waals surface area (Å²) in [6.07, 6.45) is 5.01. The molecule has 2 aromatic carbocycles. The summed E-state index contributed by atoms with van der Waals surface area (Å²) in [6, 6.07) is 17.6. The van der Waals surface area contributed by atoms with Gasteiger partial charge in [0.05, 0.1) is 5.92 Å². The molecule has 1 saturated carbocycles. The maximum absolute atomic E-state index is 12.6. The average Bonchev–Trinajstić information content (AvgIpc) is 3.23. The summed E-state index contributed by atoms with van der Waals surface area (Å²) >= 11 is 0. The van der Waals surface area contributed by atoms with Crippen molar-refractivity contribution in [1.29, 1.82) is 0 Å². The van der Waals surface area contributed by atoms with Crippen molar-refractivity contribution >= 4 is 17.5 Å². The smallest absolute Gasteiger partial charge is 0.227 e. The van der Waals surface area contributed by atoms with E-state index in [1.54, 1.807) is 0 Å². The third kappa shape index (κ3) is 5.19. The zero-order chi connectivity index (χ0) is 19.1. The van der Waals surface area contributed by atoms with Crippen LogP contribution in [0.5, 0.6) is 0 Å². The highest BCUT2D eigenvalue weighted by Crippen LogP contribution is 2.26. The summed E-state index contributed by atoms with van der Waals surface area (Å²) in [4.78, 5) is 24.9. The van der Waals surface area contributed by atoms with E-state index in [0.717, 1.165) is 48.9 Å². The van der Waals surface area contributed by atoms with Crippen molar-refractivity contribution < 1.29 is 9.59 Å². The third-order valence-corrected chi connectivity index (χ3v) is 5.31. The average molecular weight is 364 g/mol. The SMILES string of the molecule is CCC(C(=O)NCc1cccc(NC(=O)C2CCCC2)c1)c1ccccc1. The van der Waals surface area contributed by atoms with E-state index in [1.807, 2.05) is 61.5 Å². The van der Waals surface area contributed by atoms with Crippen LogP contribution in [-0.4, -0.2) is 11.8 Å². The standard InChI is InChI=1S/C23H28N2O2/c1-2-21(18-10-4-3-5-11-18)23(27)24-16-17-9-8-14-20(15-17)25-22(26)19-12-6-7-13-19/h3-5,8-11,14-15,19,21H,2,6-7,12-13,16H2,1H3,(H,24,27)(H,25,26). The molecular weight excluding hydrogens is 336 g/mol. The number of nitrogens with one attached hydrogen (secondary N) is 2. The van der Waals surface area contributed by atoms with Crippen molar-refractivity contribution in [2.45, 2.75) is 51.5 Å². The van der Waals surface area contributed by atoms with Crippen molar-refractivity contribution in [2.75, 3.05) is 5.32 Å². The zero-order valence-corrected chi connectivity index (χ0v) is 15.9. The van der Waals surface area contributed by atoms with Crippen LogP contribution in [0.15, 0.2) is 54.6 Å². The minimum absolute atomic E-state index is 0.0316. The van der Waals surface area contributed by atoms with Crippen LogP contribution in [0, 0.1) is 5.92 Å². The van der Waals surface area contributed by atoms with Crippen molar-refractivity contribution in [2.24, 2.45) is 5.92 Å². The molecule has 0 aliphatic heterocycles. The molecule has 1 aliphatic carbocycles. The monoisotopic (exact) mass is 364 g/mol. The van der Waals surface area contributed by atoms with Crippen molar-refractivity contribution in [3.8, 4) is 0 Å². The molecule has 2 N–H and O–H groups in total. The fraction of sp³-hybridized carbons (Fsp3) is 0.391.